The highest BCUT2D eigenvalue weighted by Crippen LogP contribution is 2.65. The van der Waals surface area contributed by atoms with E-state index in [-0.39, 0.29) is 47.1 Å². The van der Waals surface area contributed by atoms with Crippen molar-refractivity contribution in [2.24, 2.45) is 34.5 Å². The van der Waals surface area contributed by atoms with Crippen molar-refractivity contribution in [1.82, 2.24) is 0 Å². The summed E-state index contributed by atoms with van der Waals surface area (Å²) in [6.07, 6.45) is 3.07. The predicted octanol–water partition coefficient (Wildman–Crippen LogP) is 2.50. The van der Waals surface area contributed by atoms with Crippen molar-refractivity contribution in [2.75, 3.05) is 0 Å². The molecule has 2 N–H and O–H groups in total. The zero-order valence-corrected chi connectivity index (χ0v) is 15.3. The van der Waals surface area contributed by atoms with E-state index in [9.17, 15) is 19.8 Å². The normalized spacial score (nSPS) is 50.9. The van der Waals surface area contributed by atoms with Crippen LogP contribution in [0.3, 0.4) is 0 Å². The maximum atomic E-state index is 12.5. The number of fused-ring (bicyclic) bond motifs is 4. The van der Waals surface area contributed by atoms with E-state index in [1.165, 1.54) is 0 Å². The van der Waals surface area contributed by atoms with Crippen molar-refractivity contribution in [3.63, 3.8) is 0 Å². The number of rotatable bonds is 3. The van der Waals surface area contributed by atoms with Gasteiger partial charge in [-0.2, -0.15) is 0 Å². The van der Waals surface area contributed by atoms with E-state index in [2.05, 4.69) is 27.7 Å². The van der Waals surface area contributed by atoms with Crippen LogP contribution >= 0.6 is 0 Å². The quantitative estimate of drug-likeness (QED) is 0.831. The lowest BCUT2D eigenvalue weighted by Gasteiger charge is -2.64. The van der Waals surface area contributed by atoms with Crippen LogP contribution in [0.5, 0.6) is 0 Å². The van der Waals surface area contributed by atoms with Crippen molar-refractivity contribution in [3.05, 3.63) is 0 Å². The van der Waals surface area contributed by atoms with Gasteiger partial charge in [-0.25, -0.2) is 0 Å². The van der Waals surface area contributed by atoms with Crippen molar-refractivity contribution in [3.8, 4) is 0 Å². The summed E-state index contributed by atoms with van der Waals surface area (Å²) in [5.41, 5.74) is -2.77. The molecule has 6 rings (SSSR count). The minimum absolute atomic E-state index is 0.0251. The fourth-order valence-corrected chi connectivity index (χ4v) is 6.54. The Labute approximate surface area is 144 Å². The molecule has 0 saturated heterocycles. The lowest BCUT2D eigenvalue weighted by atomic mass is 9.41. The Morgan fingerprint density at radius 2 is 1.12 bits per heavy atom. The highest BCUT2D eigenvalue weighted by Gasteiger charge is 2.67. The molecule has 6 fully saturated rings. The molecule has 0 aromatic rings. The van der Waals surface area contributed by atoms with E-state index in [0.717, 1.165) is 12.8 Å². The van der Waals surface area contributed by atoms with Crippen LogP contribution in [0.15, 0.2) is 0 Å². The summed E-state index contributed by atoms with van der Waals surface area (Å²) in [7, 11) is 0. The molecule has 0 amide bonds. The van der Waals surface area contributed by atoms with Crippen LogP contribution in [0, 0.1) is 34.5 Å². The van der Waals surface area contributed by atoms with E-state index in [1.54, 1.807) is 0 Å². The van der Waals surface area contributed by atoms with Gasteiger partial charge in [0, 0.05) is 24.7 Å². The minimum Gasteiger partial charge on any atom is -0.382 e. The smallest absolute Gasteiger partial charge is 0.164 e. The molecular formula is C20H30O4. The molecule has 0 aromatic carbocycles. The first-order valence-electron chi connectivity index (χ1n) is 9.45. The van der Waals surface area contributed by atoms with Crippen LogP contribution in [-0.4, -0.2) is 33.0 Å². The van der Waals surface area contributed by atoms with Crippen LogP contribution in [0.4, 0.5) is 0 Å². The van der Waals surface area contributed by atoms with Crippen LogP contribution in [0.25, 0.3) is 0 Å². The Balaban J connectivity index is 1.55. The van der Waals surface area contributed by atoms with Crippen LogP contribution in [0.2, 0.25) is 0 Å². The van der Waals surface area contributed by atoms with Gasteiger partial charge in [0.15, 0.2) is 11.6 Å². The molecule has 0 unspecified atom stereocenters. The first kappa shape index (κ1) is 16.7. The van der Waals surface area contributed by atoms with Gasteiger partial charge in [-0.05, 0) is 48.3 Å². The number of hydrogen-bond acceptors (Lipinski definition) is 4. The van der Waals surface area contributed by atoms with E-state index in [4.69, 9.17) is 0 Å². The Hall–Kier alpha value is -0.740. The predicted molar refractivity (Wildman–Crippen MR) is 89.1 cm³/mol. The second-order valence-corrected chi connectivity index (χ2v) is 10.2. The third kappa shape index (κ3) is 1.77. The molecule has 6 aliphatic carbocycles. The molecule has 6 saturated carbocycles. The molecule has 0 aliphatic heterocycles. The molecule has 4 bridgehead atoms. The van der Waals surface area contributed by atoms with Gasteiger partial charge in [0.2, 0.25) is 0 Å². The monoisotopic (exact) mass is 334 g/mol. The minimum atomic E-state index is -1.36. The number of carbonyl (C=O) groups is 2. The fraction of sp³-hybridized carbons (Fsp3) is 0.900. The van der Waals surface area contributed by atoms with Gasteiger partial charge >= 0.3 is 0 Å². The van der Waals surface area contributed by atoms with Gasteiger partial charge in [-0.1, -0.05) is 27.7 Å². The molecular weight excluding hydrogens is 304 g/mol. The van der Waals surface area contributed by atoms with Gasteiger partial charge in [-0.15, -0.1) is 0 Å². The molecule has 134 valence electrons. The van der Waals surface area contributed by atoms with Crippen molar-refractivity contribution in [2.45, 2.75) is 77.4 Å². The molecule has 4 nitrogen and oxygen atoms in total. The molecule has 0 aromatic heterocycles. The van der Waals surface area contributed by atoms with Gasteiger partial charge in [0.1, 0.15) is 11.2 Å². The van der Waals surface area contributed by atoms with Gasteiger partial charge < -0.3 is 10.2 Å². The Bertz CT molecular complexity index is 567. The highest BCUT2D eigenvalue weighted by molar-refractivity contribution is 5.91. The van der Waals surface area contributed by atoms with E-state index >= 15 is 0 Å². The topological polar surface area (TPSA) is 74.6 Å². The Kier molecular flexibility index (Phi) is 3.14. The van der Waals surface area contributed by atoms with Crippen LogP contribution in [-0.2, 0) is 9.59 Å². The molecule has 24 heavy (non-hydrogen) atoms. The van der Waals surface area contributed by atoms with E-state index in [0.29, 0.717) is 24.7 Å². The molecule has 0 heterocycles. The number of Topliss-reactive ketones (excluding diaryl/α,β-unsaturated/α-hetero) is 2. The SMILES string of the molecule is CC1(C)[C@H]2CC(=O)[C@](O)(CC[C@]3(O)C(=O)C[C@@H]4C[C@H]3C4(C)C)[C@@H]1C2. The maximum Gasteiger partial charge on any atom is 0.164 e. The third-order valence-electron chi connectivity index (χ3n) is 8.81. The largest absolute Gasteiger partial charge is 0.382 e. The molecule has 0 spiro atoms. The standard InChI is InChI=1S/C20H30O4/c1-17(2)11-7-13(17)19(23,15(21)9-11)5-6-20(24)14-8-12(10-16(20)22)18(14,3)4/h11-14,23-24H,5-10H2,1-4H3/t11-,12+,13-,14+,19+,20-. The average molecular weight is 334 g/mol. The number of carbonyl (C=O) groups excluding carboxylic acids is 2. The van der Waals surface area contributed by atoms with E-state index in [1.807, 2.05) is 0 Å². The maximum absolute atomic E-state index is 12.5. The molecule has 4 heteroatoms. The first-order valence-corrected chi connectivity index (χ1v) is 9.45. The highest BCUT2D eigenvalue weighted by atomic mass is 16.3. The van der Waals surface area contributed by atoms with Gasteiger partial charge in [0.25, 0.3) is 0 Å². The molecule has 0 radical (unpaired) electrons. The van der Waals surface area contributed by atoms with Gasteiger partial charge in [-0.3, -0.25) is 9.59 Å². The number of aliphatic hydroxyl groups is 2. The lowest BCUT2D eigenvalue weighted by molar-refractivity contribution is -0.220. The molecule has 6 aliphatic rings. The number of hydrogen-bond donors (Lipinski definition) is 2. The third-order valence-corrected chi connectivity index (χ3v) is 8.81. The average Bonchev–Trinajstić information content (AvgIpc) is 2.50. The zero-order valence-electron chi connectivity index (χ0n) is 15.3. The van der Waals surface area contributed by atoms with Crippen molar-refractivity contribution >= 4 is 11.6 Å². The summed E-state index contributed by atoms with van der Waals surface area (Å²) in [6, 6.07) is 0. The summed E-state index contributed by atoms with van der Waals surface area (Å²) in [6.45, 7) is 8.51. The molecule has 6 atom stereocenters. The number of ketones is 2. The summed E-state index contributed by atoms with van der Waals surface area (Å²) in [5.74, 6) is 0.504. The Morgan fingerprint density at radius 3 is 1.42 bits per heavy atom. The summed E-state index contributed by atoms with van der Waals surface area (Å²) in [5, 5.41) is 22.3. The zero-order chi connectivity index (χ0) is 17.7. The fourth-order valence-electron chi connectivity index (χ4n) is 6.54. The second kappa shape index (κ2) is 4.50. The lowest BCUT2D eigenvalue weighted by Crippen LogP contribution is -2.68. The van der Waals surface area contributed by atoms with Gasteiger partial charge in [0.05, 0.1) is 0 Å². The first-order chi connectivity index (χ1) is 10.9. The van der Waals surface area contributed by atoms with Crippen molar-refractivity contribution < 1.29 is 19.8 Å². The van der Waals surface area contributed by atoms with Crippen LogP contribution in [0.1, 0.15) is 66.2 Å². The Morgan fingerprint density at radius 1 is 0.792 bits per heavy atom. The van der Waals surface area contributed by atoms with E-state index < -0.39 is 11.2 Å². The second-order valence-electron chi connectivity index (χ2n) is 10.2. The van der Waals surface area contributed by atoms with Crippen molar-refractivity contribution in [1.29, 1.82) is 0 Å². The van der Waals surface area contributed by atoms with Crippen LogP contribution < -0.4 is 0 Å². The summed E-state index contributed by atoms with van der Waals surface area (Å²) >= 11 is 0. The summed E-state index contributed by atoms with van der Waals surface area (Å²) < 4.78 is 0. The summed E-state index contributed by atoms with van der Waals surface area (Å²) in [4.78, 5) is 25.0.